The Morgan fingerprint density at radius 1 is 1.33 bits per heavy atom. The quantitative estimate of drug-likeness (QED) is 0.760. The Balaban J connectivity index is 2.35. The van der Waals surface area contributed by atoms with Crippen LogP contribution in [-0.2, 0) is 0 Å². The zero-order chi connectivity index (χ0) is 11.4. The largest absolute Gasteiger partial charge is 0.328 e. The van der Waals surface area contributed by atoms with E-state index in [-0.39, 0.29) is 0 Å². The molecule has 1 saturated heterocycles. The van der Waals surface area contributed by atoms with Crippen molar-refractivity contribution in [3.05, 3.63) is 0 Å². The molecule has 1 aliphatic heterocycles. The third-order valence-electron chi connectivity index (χ3n) is 3.67. The van der Waals surface area contributed by atoms with Crippen molar-refractivity contribution in [3.63, 3.8) is 0 Å². The normalized spacial score (nSPS) is 24.4. The Kier molecular flexibility index (Phi) is 5.03. The lowest BCUT2D eigenvalue weighted by atomic mass is 10.0. The van der Waals surface area contributed by atoms with Crippen molar-refractivity contribution in [2.45, 2.75) is 51.2 Å². The van der Waals surface area contributed by atoms with Crippen LogP contribution in [-0.4, -0.2) is 55.1 Å². The van der Waals surface area contributed by atoms with E-state index in [1.54, 1.807) is 0 Å². The molecule has 0 spiro atoms. The van der Waals surface area contributed by atoms with Gasteiger partial charge >= 0.3 is 0 Å². The minimum atomic E-state index is 0.314. The Labute approximate surface area is 94.6 Å². The summed E-state index contributed by atoms with van der Waals surface area (Å²) in [5, 5.41) is 0. The van der Waals surface area contributed by atoms with Gasteiger partial charge in [-0.1, -0.05) is 0 Å². The van der Waals surface area contributed by atoms with Crippen molar-refractivity contribution in [2.24, 2.45) is 5.73 Å². The first-order valence-electron chi connectivity index (χ1n) is 6.16. The van der Waals surface area contributed by atoms with E-state index in [1.165, 1.54) is 25.9 Å². The van der Waals surface area contributed by atoms with Crippen molar-refractivity contribution < 1.29 is 0 Å². The van der Waals surface area contributed by atoms with Gasteiger partial charge in [0.25, 0.3) is 0 Å². The highest BCUT2D eigenvalue weighted by atomic mass is 15.2. The molecule has 2 atom stereocenters. The van der Waals surface area contributed by atoms with E-state index in [9.17, 15) is 0 Å². The molecule has 15 heavy (non-hydrogen) atoms. The number of hydrogen-bond donors (Lipinski definition) is 1. The molecular weight excluding hydrogens is 186 g/mol. The van der Waals surface area contributed by atoms with Crippen LogP contribution >= 0.6 is 0 Å². The summed E-state index contributed by atoms with van der Waals surface area (Å²) in [7, 11) is 4.46. The van der Waals surface area contributed by atoms with Gasteiger partial charge in [0.15, 0.2) is 0 Å². The van der Waals surface area contributed by atoms with Crippen molar-refractivity contribution in [2.75, 3.05) is 27.2 Å². The van der Waals surface area contributed by atoms with Crippen molar-refractivity contribution >= 4 is 0 Å². The molecule has 0 aromatic carbocycles. The van der Waals surface area contributed by atoms with E-state index in [1.807, 2.05) is 0 Å². The minimum absolute atomic E-state index is 0.314. The summed E-state index contributed by atoms with van der Waals surface area (Å²) < 4.78 is 0. The Morgan fingerprint density at radius 3 is 2.33 bits per heavy atom. The molecule has 3 nitrogen and oxygen atoms in total. The lowest BCUT2D eigenvalue weighted by Gasteiger charge is -2.38. The summed E-state index contributed by atoms with van der Waals surface area (Å²) in [6, 6.07) is 1.68. The fraction of sp³-hybridized carbons (Fsp3) is 1.00. The molecular formula is C12H27N3. The molecule has 0 amide bonds. The number of nitrogens with two attached hydrogens (primary N) is 1. The second-order valence-corrected chi connectivity index (χ2v) is 5.26. The van der Waals surface area contributed by atoms with Crippen LogP contribution in [0.25, 0.3) is 0 Å². The zero-order valence-corrected chi connectivity index (χ0v) is 10.7. The van der Waals surface area contributed by atoms with E-state index in [4.69, 9.17) is 5.73 Å². The van der Waals surface area contributed by atoms with Gasteiger partial charge in [0.2, 0.25) is 0 Å². The first-order valence-corrected chi connectivity index (χ1v) is 6.16. The van der Waals surface area contributed by atoms with Crippen LogP contribution < -0.4 is 5.73 Å². The monoisotopic (exact) mass is 213 g/mol. The third kappa shape index (κ3) is 4.09. The first-order chi connectivity index (χ1) is 7.00. The number of hydrogen-bond acceptors (Lipinski definition) is 3. The fourth-order valence-electron chi connectivity index (χ4n) is 2.47. The molecule has 1 rings (SSSR count). The van der Waals surface area contributed by atoms with Crippen molar-refractivity contribution in [3.8, 4) is 0 Å². The molecule has 3 heteroatoms. The van der Waals surface area contributed by atoms with Gasteiger partial charge in [0, 0.05) is 18.1 Å². The van der Waals surface area contributed by atoms with Crippen LogP contribution in [0.4, 0.5) is 0 Å². The Bertz CT molecular complexity index is 174. The molecule has 0 aliphatic carbocycles. The van der Waals surface area contributed by atoms with Gasteiger partial charge in [-0.05, 0) is 60.3 Å². The molecule has 0 aromatic rings. The average molecular weight is 213 g/mol. The average Bonchev–Trinajstić information content (AvgIpc) is 2.17. The van der Waals surface area contributed by atoms with E-state index in [2.05, 4.69) is 37.7 Å². The molecule has 1 heterocycles. The predicted molar refractivity (Wildman–Crippen MR) is 66.0 cm³/mol. The molecule has 0 aromatic heterocycles. The third-order valence-corrected chi connectivity index (χ3v) is 3.67. The summed E-state index contributed by atoms with van der Waals surface area (Å²) in [5.74, 6) is 0. The smallest absolute Gasteiger partial charge is 0.0119 e. The lowest BCUT2D eigenvalue weighted by molar-refractivity contribution is 0.107. The van der Waals surface area contributed by atoms with Crippen LogP contribution in [0.2, 0.25) is 0 Å². The highest BCUT2D eigenvalue weighted by Gasteiger charge is 2.23. The number of piperidine rings is 1. The highest BCUT2D eigenvalue weighted by molar-refractivity contribution is 4.80. The molecule has 0 saturated carbocycles. The van der Waals surface area contributed by atoms with Crippen LogP contribution in [0, 0.1) is 0 Å². The van der Waals surface area contributed by atoms with Crippen molar-refractivity contribution in [1.82, 2.24) is 9.80 Å². The molecule has 2 unspecified atom stereocenters. The maximum absolute atomic E-state index is 5.85. The van der Waals surface area contributed by atoms with E-state index >= 15 is 0 Å². The summed E-state index contributed by atoms with van der Waals surface area (Å²) >= 11 is 0. The SMILES string of the molecule is CC(N)CC(C)N(C)C1CCN(C)CC1. The second-order valence-electron chi connectivity index (χ2n) is 5.26. The summed E-state index contributed by atoms with van der Waals surface area (Å²) in [6.45, 7) is 6.86. The number of nitrogens with zero attached hydrogens (tertiary/aromatic N) is 2. The predicted octanol–water partition coefficient (Wildman–Crippen LogP) is 1.14. The Hall–Kier alpha value is -0.120. The first kappa shape index (κ1) is 12.9. The van der Waals surface area contributed by atoms with Gasteiger partial charge in [0.1, 0.15) is 0 Å². The minimum Gasteiger partial charge on any atom is -0.328 e. The molecule has 0 radical (unpaired) electrons. The van der Waals surface area contributed by atoms with Gasteiger partial charge in [-0.2, -0.15) is 0 Å². The number of likely N-dealkylation sites (tertiary alicyclic amines) is 1. The summed E-state index contributed by atoms with van der Waals surface area (Å²) in [6.07, 6.45) is 3.70. The van der Waals surface area contributed by atoms with Crippen molar-refractivity contribution in [1.29, 1.82) is 0 Å². The maximum Gasteiger partial charge on any atom is 0.0119 e. The molecule has 1 fully saturated rings. The van der Waals surface area contributed by atoms with Gasteiger partial charge in [0.05, 0.1) is 0 Å². The topological polar surface area (TPSA) is 32.5 Å². The molecule has 90 valence electrons. The zero-order valence-electron chi connectivity index (χ0n) is 10.7. The van der Waals surface area contributed by atoms with Crippen LogP contribution in [0.5, 0.6) is 0 Å². The van der Waals surface area contributed by atoms with Crippen LogP contribution in [0.3, 0.4) is 0 Å². The van der Waals surface area contributed by atoms with Crippen LogP contribution in [0.15, 0.2) is 0 Å². The van der Waals surface area contributed by atoms with Gasteiger partial charge in [-0.25, -0.2) is 0 Å². The molecule has 0 bridgehead atoms. The molecule has 1 aliphatic rings. The van der Waals surface area contributed by atoms with E-state index < -0.39 is 0 Å². The lowest BCUT2D eigenvalue weighted by Crippen LogP contribution is -2.46. The Morgan fingerprint density at radius 2 is 1.87 bits per heavy atom. The maximum atomic E-state index is 5.85. The van der Waals surface area contributed by atoms with Gasteiger partial charge in [-0.15, -0.1) is 0 Å². The highest BCUT2D eigenvalue weighted by Crippen LogP contribution is 2.17. The van der Waals surface area contributed by atoms with Gasteiger partial charge < -0.3 is 15.5 Å². The summed E-state index contributed by atoms with van der Waals surface area (Å²) in [5.41, 5.74) is 5.85. The van der Waals surface area contributed by atoms with Gasteiger partial charge in [-0.3, -0.25) is 0 Å². The second kappa shape index (κ2) is 5.83. The molecule has 2 N–H and O–H groups in total. The summed E-state index contributed by atoms with van der Waals surface area (Å²) in [4.78, 5) is 4.94. The number of rotatable bonds is 4. The van der Waals surface area contributed by atoms with E-state index in [0.29, 0.717) is 12.1 Å². The van der Waals surface area contributed by atoms with Crippen LogP contribution in [0.1, 0.15) is 33.1 Å². The van der Waals surface area contributed by atoms with E-state index in [0.717, 1.165) is 12.5 Å². The fourth-order valence-corrected chi connectivity index (χ4v) is 2.47. The standard InChI is InChI=1S/C12H27N3/c1-10(13)9-11(2)15(4)12-5-7-14(3)8-6-12/h10-12H,5-9,13H2,1-4H3.